The molecular weight excluding hydrogens is 672 g/mol. The molecule has 4 N–H and O–H groups in total. The summed E-state index contributed by atoms with van der Waals surface area (Å²) in [6, 6.07) is 4.62. The fraction of sp³-hybridized carbons (Fsp3) is 0.550. The zero-order chi connectivity index (χ0) is 37.4. The number of aromatic hydroxyl groups is 1. The molecule has 0 aromatic heterocycles. The highest BCUT2D eigenvalue weighted by Crippen LogP contribution is 2.73. The van der Waals surface area contributed by atoms with E-state index in [1.807, 2.05) is 12.2 Å². The van der Waals surface area contributed by atoms with Crippen molar-refractivity contribution in [3.05, 3.63) is 77.9 Å². The molecule has 2 saturated carbocycles. The van der Waals surface area contributed by atoms with Crippen molar-refractivity contribution in [2.75, 3.05) is 13.7 Å². The van der Waals surface area contributed by atoms with E-state index in [1.165, 1.54) is 25.3 Å². The molecule has 3 aliphatic heterocycles. The first-order valence-electron chi connectivity index (χ1n) is 18.0. The molecule has 0 unspecified atom stereocenters. The number of aliphatic hydroxyl groups excluding tert-OH is 2. The van der Waals surface area contributed by atoms with Crippen LogP contribution in [-0.2, 0) is 33.3 Å². The highest BCUT2D eigenvalue weighted by atomic mass is 16.9. The molecule has 52 heavy (non-hydrogen) atoms. The molecule has 3 saturated heterocycles. The second-order valence-corrected chi connectivity index (χ2v) is 15.0. The smallest absolute Gasteiger partial charge is 0.331 e. The molecule has 12 heteroatoms. The number of carbonyl (C=O) groups is 2. The first-order chi connectivity index (χ1) is 24.7. The number of ether oxygens (including phenoxy) is 6. The third-order valence-corrected chi connectivity index (χ3v) is 12.1. The van der Waals surface area contributed by atoms with Gasteiger partial charge in [-0.1, -0.05) is 63.6 Å². The molecule has 12 nitrogen and oxygen atoms in total. The van der Waals surface area contributed by atoms with Crippen molar-refractivity contribution < 1.29 is 58.4 Å². The van der Waals surface area contributed by atoms with Crippen LogP contribution in [-0.4, -0.2) is 98.7 Å². The molecule has 0 amide bonds. The summed E-state index contributed by atoms with van der Waals surface area (Å²) in [7, 11) is 1.42. The number of esters is 1. The van der Waals surface area contributed by atoms with Gasteiger partial charge in [0.05, 0.1) is 19.3 Å². The highest BCUT2D eigenvalue weighted by Gasteiger charge is 2.90. The number of phenolic OH excluding ortho intramolecular Hbond substituents is 1. The minimum atomic E-state index is -2.46. The van der Waals surface area contributed by atoms with Crippen LogP contribution in [0.5, 0.6) is 11.5 Å². The van der Waals surface area contributed by atoms with Crippen LogP contribution < -0.4 is 4.74 Å². The van der Waals surface area contributed by atoms with Gasteiger partial charge in [0.1, 0.15) is 30.0 Å². The zero-order valence-corrected chi connectivity index (χ0v) is 30.1. The van der Waals surface area contributed by atoms with Crippen LogP contribution in [0.2, 0.25) is 0 Å². The van der Waals surface area contributed by atoms with E-state index in [1.54, 1.807) is 51.1 Å². The lowest BCUT2D eigenvalue weighted by Gasteiger charge is -2.61. The second kappa shape index (κ2) is 12.8. The van der Waals surface area contributed by atoms with E-state index in [4.69, 9.17) is 28.4 Å². The van der Waals surface area contributed by atoms with Gasteiger partial charge in [0.2, 0.25) is 0 Å². The van der Waals surface area contributed by atoms with Crippen LogP contribution in [0.3, 0.4) is 0 Å². The van der Waals surface area contributed by atoms with Crippen LogP contribution >= 0.6 is 0 Å². The topological polar surface area (TPSA) is 174 Å². The Morgan fingerprint density at radius 1 is 1.13 bits per heavy atom. The molecule has 0 spiro atoms. The minimum absolute atomic E-state index is 0.0538. The Morgan fingerprint density at radius 3 is 2.60 bits per heavy atom. The van der Waals surface area contributed by atoms with Crippen LogP contribution in [0.25, 0.3) is 6.08 Å². The first kappa shape index (κ1) is 36.7. The second-order valence-electron chi connectivity index (χ2n) is 15.0. The van der Waals surface area contributed by atoms with E-state index in [9.17, 15) is 30.0 Å². The molecular formula is C40H48O12. The quantitative estimate of drug-likeness (QED) is 0.0615. The maximum absolute atomic E-state index is 13.9. The van der Waals surface area contributed by atoms with E-state index in [-0.39, 0.29) is 17.1 Å². The Labute approximate surface area is 303 Å². The van der Waals surface area contributed by atoms with Gasteiger partial charge in [-0.05, 0) is 61.6 Å². The molecule has 6 aliphatic rings. The van der Waals surface area contributed by atoms with Crippen molar-refractivity contribution in [3.63, 3.8) is 0 Å². The molecule has 3 bridgehead atoms. The average Bonchev–Trinajstić information content (AvgIpc) is 3.75. The van der Waals surface area contributed by atoms with Gasteiger partial charge < -0.3 is 48.8 Å². The van der Waals surface area contributed by atoms with Gasteiger partial charge in [-0.25, -0.2) is 4.79 Å². The molecule has 5 fully saturated rings. The van der Waals surface area contributed by atoms with E-state index < -0.39 is 88.9 Å². The van der Waals surface area contributed by atoms with Crippen molar-refractivity contribution in [2.45, 2.75) is 106 Å². The summed E-state index contributed by atoms with van der Waals surface area (Å²) >= 11 is 0. The number of aliphatic hydroxyl groups is 3. The summed E-state index contributed by atoms with van der Waals surface area (Å²) in [5.41, 5.74) is -6.06. The van der Waals surface area contributed by atoms with Gasteiger partial charge in [-0.2, -0.15) is 0 Å². The Hall–Kier alpha value is -3.62. The van der Waals surface area contributed by atoms with Crippen LogP contribution in [0, 0.1) is 17.8 Å². The molecule has 1 aromatic rings. The van der Waals surface area contributed by atoms with E-state index in [2.05, 4.69) is 13.5 Å². The summed E-state index contributed by atoms with van der Waals surface area (Å²) in [5.74, 6) is -6.02. The maximum atomic E-state index is 13.9. The first-order valence-corrected chi connectivity index (χ1v) is 18.0. The lowest BCUT2D eigenvalue weighted by atomic mass is 9.53. The number of epoxide rings is 1. The van der Waals surface area contributed by atoms with Crippen LogP contribution in [0.4, 0.5) is 0 Å². The Kier molecular flexibility index (Phi) is 9.01. The van der Waals surface area contributed by atoms with Gasteiger partial charge >= 0.3 is 11.9 Å². The van der Waals surface area contributed by atoms with Crippen molar-refractivity contribution in [3.8, 4) is 11.5 Å². The molecule has 7 rings (SSSR count). The number of hydrogen-bond acceptors (Lipinski definition) is 12. The molecule has 280 valence electrons. The lowest BCUT2D eigenvalue weighted by molar-refractivity contribution is -0.407. The fourth-order valence-corrected chi connectivity index (χ4v) is 9.61. The Morgan fingerprint density at radius 2 is 1.90 bits per heavy atom. The third-order valence-electron chi connectivity index (χ3n) is 12.1. The monoisotopic (exact) mass is 720 g/mol. The maximum Gasteiger partial charge on any atom is 0.331 e. The molecule has 3 heterocycles. The molecule has 1 aromatic carbocycles. The predicted octanol–water partition coefficient (Wildman–Crippen LogP) is 3.82. The number of carbonyl (C=O) groups excluding carboxylic acids is 2. The van der Waals surface area contributed by atoms with Crippen LogP contribution in [0.15, 0.2) is 72.4 Å². The fourth-order valence-electron chi connectivity index (χ4n) is 9.61. The molecule has 3 aliphatic carbocycles. The van der Waals surface area contributed by atoms with Gasteiger partial charge in [-0.3, -0.25) is 4.79 Å². The van der Waals surface area contributed by atoms with E-state index >= 15 is 0 Å². The van der Waals surface area contributed by atoms with Crippen molar-refractivity contribution in [1.82, 2.24) is 0 Å². The number of Topliss-reactive ketones (excluding diaryl/α,β-unsaturated/α-hetero) is 1. The zero-order valence-electron chi connectivity index (χ0n) is 30.1. The number of methoxy groups -OCH3 is 1. The Bertz CT molecular complexity index is 1780. The van der Waals surface area contributed by atoms with Gasteiger partial charge in [0, 0.05) is 29.9 Å². The highest BCUT2D eigenvalue weighted by molar-refractivity contribution is 6.05. The van der Waals surface area contributed by atoms with Gasteiger partial charge in [0.15, 0.2) is 28.5 Å². The number of phenols is 1. The predicted molar refractivity (Wildman–Crippen MR) is 187 cm³/mol. The number of rotatable bonds is 12. The standard InChI is InChI=1S/C40H48O12/c1-7-8-9-10-11-12-13-18-37-50-34-30-33-36(21-41,49-33)35(45)38(46)28(19-23(4)31(38)44)40(30,52-37)24(5)32(39(34,51-37)22(2)3)48-29(43)17-15-25-14-16-26(42)27(20-25)47-6/h11-20,24,28,30,32-35,41-42,45-46H,2,7-10,21H2,1,3-6H3/t24-,28-,30+,32-,33+,34-,35-,36+,37-,38-,39+,40+/m1/s1. The van der Waals surface area contributed by atoms with Crippen molar-refractivity contribution >= 4 is 17.8 Å². The minimum Gasteiger partial charge on any atom is -0.504 e. The normalized spacial score (nSPS) is 42.7. The number of hydrogen-bond donors (Lipinski definition) is 4. The largest absolute Gasteiger partial charge is 0.504 e. The number of benzene rings is 1. The van der Waals surface area contributed by atoms with Gasteiger partial charge in [0.25, 0.3) is 0 Å². The third kappa shape index (κ3) is 4.92. The summed E-state index contributed by atoms with van der Waals surface area (Å²) in [6.45, 7) is 10.8. The summed E-state index contributed by atoms with van der Waals surface area (Å²) in [4.78, 5) is 27.7. The lowest BCUT2D eigenvalue weighted by Crippen LogP contribution is -2.76. The number of unbranched alkanes of at least 4 members (excludes halogenated alkanes) is 3. The van der Waals surface area contributed by atoms with E-state index in [0.29, 0.717) is 11.1 Å². The van der Waals surface area contributed by atoms with Crippen molar-refractivity contribution in [2.24, 2.45) is 17.8 Å². The SMILES string of the molecule is C=C(C)[C@@]12O[C@@]3(C=CC=CCCCCC)O[C@@H]1[C@@H]1[C@@H]4O[C@]4(CO)[C@@H](O)[C@]4(O)C(=O)C(C)=C[C@H]4[C@@]1(O3)[C@H](C)[C@H]2OC(=O)C=Cc1ccc(O)c(OC)c1. The van der Waals surface area contributed by atoms with Crippen LogP contribution in [0.1, 0.15) is 58.9 Å². The summed E-state index contributed by atoms with van der Waals surface area (Å²) in [5, 5.41) is 45.1. The Balaban J connectivity index is 1.35. The van der Waals surface area contributed by atoms with Gasteiger partial charge in [-0.15, -0.1) is 0 Å². The van der Waals surface area contributed by atoms with E-state index in [0.717, 1.165) is 25.7 Å². The summed E-state index contributed by atoms with van der Waals surface area (Å²) in [6.07, 6.45) is 10.9. The number of fused-ring (bicyclic) bond motifs is 3. The number of ketones is 1. The van der Waals surface area contributed by atoms with Crippen molar-refractivity contribution in [1.29, 1.82) is 0 Å². The molecule has 12 atom stereocenters. The molecule has 0 radical (unpaired) electrons. The summed E-state index contributed by atoms with van der Waals surface area (Å²) < 4.78 is 38.4. The number of allylic oxidation sites excluding steroid dienone is 3. The average molecular weight is 721 g/mol.